The molecule has 1 aliphatic rings. The van der Waals surface area contributed by atoms with Gasteiger partial charge in [0.25, 0.3) is 5.91 Å². The molecule has 4 heteroatoms. The Morgan fingerprint density at radius 1 is 1.40 bits per heavy atom. The Bertz CT molecular complexity index is 485. The fourth-order valence-corrected chi connectivity index (χ4v) is 2.37. The standard InChI is InChI=1S/C16H24N2O2/c1-4-14-16(19)18(8-7-11(2)3)13-9-12(10-17)5-6-15(13)20-14/h5-6,9,11,14H,4,7-8,10,17H2,1-3H3. The lowest BCUT2D eigenvalue weighted by Gasteiger charge is -2.34. The summed E-state index contributed by atoms with van der Waals surface area (Å²) < 4.78 is 5.80. The highest BCUT2D eigenvalue weighted by molar-refractivity contribution is 6.00. The number of hydrogen-bond acceptors (Lipinski definition) is 3. The monoisotopic (exact) mass is 276 g/mol. The highest BCUT2D eigenvalue weighted by Crippen LogP contribution is 2.35. The second-order valence-electron chi connectivity index (χ2n) is 5.69. The lowest BCUT2D eigenvalue weighted by atomic mass is 10.1. The summed E-state index contributed by atoms with van der Waals surface area (Å²) in [5, 5.41) is 0. The fourth-order valence-electron chi connectivity index (χ4n) is 2.37. The van der Waals surface area contributed by atoms with Crippen molar-refractivity contribution in [3.63, 3.8) is 0 Å². The summed E-state index contributed by atoms with van der Waals surface area (Å²) in [6.07, 6.45) is 1.31. The molecular weight excluding hydrogens is 252 g/mol. The summed E-state index contributed by atoms with van der Waals surface area (Å²) in [4.78, 5) is 14.4. The molecule has 1 amide bonds. The van der Waals surface area contributed by atoms with Gasteiger partial charge in [-0.3, -0.25) is 4.79 Å². The molecule has 1 unspecified atom stereocenters. The second-order valence-corrected chi connectivity index (χ2v) is 5.69. The van der Waals surface area contributed by atoms with E-state index in [0.29, 0.717) is 18.9 Å². The average Bonchev–Trinajstić information content (AvgIpc) is 2.44. The number of rotatable bonds is 5. The Labute approximate surface area is 120 Å². The van der Waals surface area contributed by atoms with Crippen LogP contribution in [-0.4, -0.2) is 18.6 Å². The van der Waals surface area contributed by atoms with Crippen LogP contribution in [0.15, 0.2) is 18.2 Å². The molecule has 110 valence electrons. The number of fused-ring (bicyclic) bond motifs is 1. The number of ether oxygens (including phenoxy) is 1. The Hall–Kier alpha value is -1.55. The van der Waals surface area contributed by atoms with Gasteiger partial charge >= 0.3 is 0 Å². The number of hydrogen-bond donors (Lipinski definition) is 1. The van der Waals surface area contributed by atoms with Gasteiger partial charge < -0.3 is 15.4 Å². The van der Waals surface area contributed by atoms with Crippen molar-refractivity contribution < 1.29 is 9.53 Å². The number of nitrogens with two attached hydrogens (primary N) is 1. The first-order valence-corrected chi connectivity index (χ1v) is 7.37. The first-order valence-electron chi connectivity index (χ1n) is 7.37. The normalized spacial score (nSPS) is 18.1. The smallest absolute Gasteiger partial charge is 0.268 e. The number of amides is 1. The summed E-state index contributed by atoms with van der Waals surface area (Å²) in [6, 6.07) is 5.86. The molecule has 0 radical (unpaired) electrons. The van der Waals surface area contributed by atoms with Gasteiger partial charge in [-0.05, 0) is 36.5 Å². The summed E-state index contributed by atoms with van der Waals surface area (Å²) >= 11 is 0. The van der Waals surface area contributed by atoms with Crippen LogP contribution < -0.4 is 15.4 Å². The van der Waals surface area contributed by atoms with Gasteiger partial charge in [-0.2, -0.15) is 0 Å². The molecule has 1 aliphatic heterocycles. The van der Waals surface area contributed by atoms with Crippen molar-refractivity contribution in [1.82, 2.24) is 0 Å². The van der Waals surface area contributed by atoms with Gasteiger partial charge in [0.05, 0.1) is 5.69 Å². The van der Waals surface area contributed by atoms with E-state index in [0.717, 1.165) is 30.0 Å². The van der Waals surface area contributed by atoms with Crippen molar-refractivity contribution in [2.24, 2.45) is 11.7 Å². The quantitative estimate of drug-likeness (QED) is 0.899. The first kappa shape index (κ1) is 14.9. The van der Waals surface area contributed by atoms with Gasteiger partial charge in [0.2, 0.25) is 0 Å². The number of benzene rings is 1. The van der Waals surface area contributed by atoms with E-state index in [9.17, 15) is 4.79 Å². The maximum absolute atomic E-state index is 12.5. The minimum Gasteiger partial charge on any atom is -0.478 e. The minimum absolute atomic E-state index is 0.0646. The minimum atomic E-state index is -0.363. The van der Waals surface area contributed by atoms with Crippen LogP contribution in [-0.2, 0) is 11.3 Å². The van der Waals surface area contributed by atoms with Crippen LogP contribution in [0.25, 0.3) is 0 Å². The maximum Gasteiger partial charge on any atom is 0.268 e. The Morgan fingerprint density at radius 2 is 2.15 bits per heavy atom. The van der Waals surface area contributed by atoms with Crippen molar-refractivity contribution >= 4 is 11.6 Å². The summed E-state index contributed by atoms with van der Waals surface area (Å²) in [7, 11) is 0. The Morgan fingerprint density at radius 3 is 2.75 bits per heavy atom. The van der Waals surface area contributed by atoms with Crippen LogP contribution in [0.1, 0.15) is 39.2 Å². The topological polar surface area (TPSA) is 55.6 Å². The van der Waals surface area contributed by atoms with Gasteiger partial charge in [0.1, 0.15) is 5.75 Å². The van der Waals surface area contributed by atoms with Crippen molar-refractivity contribution in [2.75, 3.05) is 11.4 Å². The van der Waals surface area contributed by atoms with Gasteiger partial charge in [-0.15, -0.1) is 0 Å². The van der Waals surface area contributed by atoms with Gasteiger partial charge in [-0.25, -0.2) is 0 Å². The van der Waals surface area contributed by atoms with Crippen LogP contribution in [0.5, 0.6) is 5.75 Å². The summed E-state index contributed by atoms with van der Waals surface area (Å²) in [5.41, 5.74) is 7.58. The second kappa shape index (κ2) is 6.27. The molecule has 4 nitrogen and oxygen atoms in total. The Kier molecular flexibility index (Phi) is 4.65. The lowest BCUT2D eigenvalue weighted by Crippen LogP contribution is -2.46. The van der Waals surface area contributed by atoms with E-state index < -0.39 is 0 Å². The maximum atomic E-state index is 12.5. The number of anilines is 1. The molecule has 0 saturated carbocycles. The third-order valence-electron chi connectivity index (χ3n) is 3.66. The van der Waals surface area contributed by atoms with Crippen LogP contribution >= 0.6 is 0 Å². The van der Waals surface area contributed by atoms with Crippen molar-refractivity contribution in [3.05, 3.63) is 23.8 Å². The average molecular weight is 276 g/mol. The lowest BCUT2D eigenvalue weighted by molar-refractivity contribution is -0.126. The van der Waals surface area contributed by atoms with Crippen molar-refractivity contribution in [1.29, 1.82) is 0 Å². The van der Waals surface area contributed by atoms with Crippen molar-refractivity contribution in [2.45, 2.75) is 46.3 Å². The first-order chi connectivity index (χ1) is 9.56. The molecule has 0 fully saturated rings. The van der Waals surface area contributed by atoms with E-state index in [1.807, 2.05) is 30.0 Å². The van der Waals surface area contributed by atoms with Gasteiger partial charge in [-0.1, -0.05) is 26.8 Å². The van der Waals surface area contributed by atoms with Crippen LogP contribution in [0, 0.1) is 5.92 Å². The molecule has 0 aromatic heterocycles. The SMILES string of the molecule is CCC1Oc2ccc(CN)cc2N(CCC(C)C)C1=O. The molecule has 2 N–H and O–H groups in total. The van der Waals surface area contributed by atoms with Crippen LogP contribution in [0.2, 0.25) is 0 Å². The molecule has 2 rings (SSSR count). The summed E-state index contributed by atoms with van der Waals surface area (Å²) in [5.74, 6) is 1.42. The molecular formula is C16H24N2O2. The third-order valence-corrected chi connectivity index (χ3v) is 3.66. The molecule has 1 atom stereocenters. The zero-order valence-electron chi connectivity index (χ0n) is 12.6. The molecule has 0 aliphatic carbocycles. The summed E-state index contributed by atoms with van der Waals surface area (Å²) in [6.45, 7) is 7.51. The number of carbonyl (C=O) groups is 1. The largest absolute Gasteiger partial charge is 0.478 e. The zero-order valence-corrected chi connectivity index (χ0v) is 12.6. The van der Waals surface area contributed by atoms with Gasteiger partial charge in [0, 0.05) is 13.1 Å². The predicted molar refractivity (Wildman–Crippen MR) is 80.8 cm³/mol. The van der Waals surface area contributed by atoms with Crippen molar-refractivity contribution in [3.8, 4) is 5.75 Å². The molecule has 0 bridgehead atoms. The molecule has 1 heterocycles. The van der Waals surface area contributed by atoms with E-state index in [-0.39, 0.29) is 12.0 Å². The fraction of sp³-hybridized carbons (Fsp3) is 0.562. The van der Waals surface area contributed by atoms with E-state index in [1.54, 1.807) is 0 Å². The number of nitrogens with zero attached hydrogens (tertiary/aromatic N) is 1. The van der Waals surface area contributed by atoms with Gasteiger partial charge in [0.15, 0.2) is 6.10 Å². The molecule has 20 heavy (non-hydrogen) atoms. The van der Waals surface area contributed by atoms with Crippen LogP contribution in [0.4, 0.5) is 5.69 Å². The molecule has 0 saturated heterocycles. The molecule has 0 spiro atoms. The van der Waals surface area contributed by atoms with Crippen LogP contribution in [0.3, 0.4) is 0 Å². The Balaban J connectivity index is 2.34. The highest BCUT2D eigenvalue weighted by atomic mass is 16.5. The zero-order chi connectivity index (χ0) is 14.7. The van der Waals surface area contributed by atoms with E-state index in [2.05, 4.69) is 13.8 Å². The van der Waals surface area contributed by atoms with E-state index in [4.69, 9.17) is 10.5 Å². The van der Waals surface area contributed by atoms with E-state index >= 15 is 0 Å². The number of carbonyl (C=O) groups excluding carboxylic acids is 1. The predicted octanol–water partition coefficient (Wildman–Crippen LogP) is 2.70. The van der Waals surface area contributed by atoms with E-state index in [1.165, 1.54) is 0 Å². The molecule has 1 aromatic rings. The third kappa shape index (κ3) is 2.96. The highest BCUT2D eigenvalue weighted by Gasteiger charge is 2.33. The molecule has 1 aromatic carbocycles.